The molecular weight excluding hydrogens is 130 g/mol. The van der Waals surface area contributed by atoms with E-state index < -0.39 is 0 Å². The number of benzene rings is 1. The van der Waals surface area contributed by atoms with Crippen molar-refractivity contribution in [3.63, 3.8) is 0 Å². The molecule has 1 radical (unpaired) electrons. The van der Waals surface area contributed by atoms with Gasteiger partial charge in [-0.05, 0) is 30.0 Å². The largest absolute Gasteiger partial charge is 0.185 e. The molecule has 0 spiro atoms. The lowest BCUT2D eigenvalue weighted by molar-refractivity contribution is 1.46. The fourth-order valence-electron chi connectivity index (χ4n) is 0.493. The summed E-state index contributed by atoms with van der Waals surface area (Å²) < 4.78 is 0. The summed E-state index contributed by atoms with van der Waals surface area (Å²) in [6, 6.07) is 10.2. The molecule has 0 fully saturated rings. The first-order valence-electron chi connectivity index (χ1n) is 2.45. The van der Waals surface area contributed by atoms with Crippen molar-refractivity contribution in [2.45, 2.75) is 4.90 Å². The van der Waals surface area contributed by atoms with E-state index in [1.807, 2.05) is 17.5 Å². The maximum atomic E-state index is 8.22. The van der Waals surface area contributed by atoms with E-state index in [0.717, 1.165) is 16.7 Å². The smallest absolute Gasteiger partial charge is 0.138 e. The average Bonchev–Trinajstić information content (AvgIpc) is 1.91. The SMILES string of the molecule is N#CSc1c[c]ccc1. The van der Waals surface area contributed by atoms with Crippen LogP contribution in [-0.2, 0) is 0 Å². The summed E-state index contributed by atoms with van der Waals surface area (Å²) in [5, 5.41) is 10.2. The van der Waals surface area contributed by atoms with Crippen molar-refractivity contribution in [3.8, 4) is 5.40 Å². The van der Waals surface area contributed by atoms with E-state index >= 15 is 0 Å². The molecule has 0 heterocycles. The third-order valence-electron chi connectivity index (χ3n) is 0.842. The summed E-state index contributed by atoms with van der Waals surface area (Å²) in [7, 11) is 0. The van der Waals surface area contributed by atoms with Gasteiger partial charge in [0.15, 0.2) is 0 Å². The maximum absolute atomic E-state index is 8.22. The third-order valence-corrected chi connectivity index (χ3v) is 1.42. The van der Waals surface area contributed by atoms with Gasteiger partial charge in [-0.1, -0.05) is 12.1 Å². The monoisotopic (exact) mass is 134 g/mol. The fraction of sp³-hybridized carbons (Fsp3) is 0. The van der Waals surface area contributed by atoms with Gasteiger partial charge >= 0.3 is 0 Å². The van der Waals surface area contributed by atoms with E-state index in [-0.39, 0.29) is 0 Å². The quantitative estimate of drug-likeness (QED) is 0.433. The Morgan fingerprint density at radius 1 is 1.67 bits per heavy atom. The molecule has 0 atom stereocenters. The van der Waals surface area contributed by atoms with Gasteiger partial charge in [-0.3, -0.25) is 0 Å². The molecule has 0 bridgehead atoms. The van der Waals surface area contributed by atoms with E-state index in [1.165, 1.54) is 0 Å². The van der Waals surface area contributed by atoms with E-state index in [4.69, 9.17) is 5.26 Å². The molecule has 0 saturated carbocycles. The van der Waals surface area contributed by atoms with Crippen molar-refractivity contribution in [1.82, 2.24) is 0 Å². The third kappa shape index (κ3) is 1.79. The predicted molar refractivity (Wildman–Crippen MR) is 36.7 cm³/mol. The molecule has 0 aliphatic carbocycles. The molecule has 0 aliphatic heterocycles. The molecule has 1 aromatic carbocycles. The Bertz CT molecular complexity index is 212. The lowest BCUT2D eigenvalue weighted by Crippen LogP contribution is -1.63. The molecule has 1 aromatic rings. The summed E-state index contributed by atoms with van der Waals surface area (Å²) >= 11 is 1.15. The van der Waals surface area contributed by atoms with Crippen molar-refractivity contribution in [2.75, 3.05) is 0 Å². The Morgan fingerprint density at radius 2 is 2.56 bits per heavy atom. The van der Waals surface area contributed by atoms with Crippen LogP contribution >= 0.6 is 11.8 Å². The zero-order valence-electron chi connectivity index (χ0n) is 4.66. The molecular formula is C7H4NS. The second kappa shape index (κ2) is 3.16. The lowest BCUT2D eigenvalue weighted by Gasteiger charge is -1.86. The first-order chi connectivity index (χ1) is 4.43. The molecule has 43 valence electrons. The number of hydrogen-bond acceptors (Lipinski definition) is 2. The Labute approximate surface area is 58.3 Å². The highest BCUT2D eigenvalue weighted by Gasteiger charge is 1.85. The van der Waals surface area contributed by atoms with Crippen LogP contribution in [-0.4, -0.2) is 0 Å². The average molecular weight is 134 g/mol. The summed E-state index contributed by atoms with van der Waals surface area (Å²) in [5.74, 6) is 0. The highest BCUT2D eigenvalue weighted by molar-refractivity contribution is 8.03. The van der Waals surface area contributed by atoms with Gasteiger partial charge in [-0.15, -0.1) is 0 Å². The summed E-state index contributed by atoms with van der Waals surface area (Å²) in [6.45, 7) is 0. The Morgan fingerprint density at radius 3 is 3.11 bits per heavy atom. The maximum Gasteiger partial charge on any atom is 0.138 e. The fourth-order valence-corrected chi connectivity index (χ4v) is 0.872. The number of hydrogen-bond donors (Lipinski definition) is 0. The summed E-state index contributed by atoms with van der Waals surface area (Å²) in [6.07, 6.45) is 0. The van der Waals surface area contributed by atoms with Crippen molar-refractivity contribution >= 4 is 11.8 Å². The minimum Gasteiger partial charge on any atom is -0.185 e. The van der Waals surface area contributed by atoms with Crippen LogP contribution in [0.25, 0.3) is 0 Å². The number of thioether (sulfide) groups is 1. The highest BCUT2D eigenvalue weighted by atomic mass is 32.2. The summed E-state index contributed by atoms with van der Waals surface area (Å²) in [4.78, 5) is 0.944. The van der Waals surface area contributed by atoms with Crippen molar-refractivity contribution in [1.29, 1.82) is 5.26 Å². The van der Waals surface area contributed by atoms with Crippen LogP contribution in [0.5, 0.6) is 0 Å². The minimum atomic E-state index is 0.944. The number of nitriles is 1. The molecule has 0 N–H and O–H groups in total. The van der Waals surface area contributed by atoms with Gasteiger partial charge in [0.05, 0.1) is 0 Å². The summed E-state index contributed by atoms with van der Waals surface area (Å²) in [5.41, 5.74) is 0. The standard InChI is InChI=1S/C7H4NS/c8-6-9-7-4-2-1-3-5-7/h1-2,4-5H. The molecule has 0 aliphatic rings. The second-order valence-electron chi connectivity index (χ2n) is 1.43. The Kier molecular flexibility index (Phi) is 2.17. The highest BCUT2D eigenvalue weighted by Crippen LogP contribution is 2.13. The molecule has 0 aromatic heterocycles. The van der Waals surface area contributed by atoms with Crippen molar-refractivity contribution < 1.29 is 0 Å². The van der Waals surface area contributed by atoms with Gasteiger partial charge in [0.25, 0.3) is 0 Å². The number of rotatable bonds is 1. The first-order valence-corrected chi connectivity index (χ1v) is 3.27. The minimum absolute atomic E-state index is 0.944. The predicted octanol–water partition coefficient (Wildman–Crippen LogP) is 2.06. The molecule has 1 nitrogen and oxygen atoms in total. The van der Waals surface area contributed by atoms with Crippen LogP contribution < -0.4 is 0 Å². The second-order valence-corrected chi connectivity index (χ2v) is 2.29. The van der Waals surface area contributed by atoms with E-state index in [0.29, 0.717) is 0 Å². The molecule has 9 heavy (non-hydrogen) atoms. The molecule has 1 rings (SSSR count). The van der Waals surface area contributed by atoms with E-state index in [9.17, 15) is 0 Å². The molecule has 0 saturated heterocycles. The van der Waals surface area contributed by atoms with Crippen LogP contribution in [0.1, 0.15) is 0 Å². The lowest BCUT2D eigenvalue weighted by atomic mass is 10.4. The molecule has 2 heteroatoms. The normalized spacial score (nSPS) is 8.33. The number of thiocyanates is 1. The van der Waals surface area contributed by atoms with Gasteiger partial charge in [0, 0.05) is 4.90 Å². The van der Waals surface area contributed by atoms with E-state index in [1.54, 1.807) is 12.1 Å². The topological polar surface area (TPSA) is 23.8 Å². The number of nitrogens with zero attached hydrogens (tertiary/aromatic N) is 1. The van der Waals surface area contributed by atoms with Crippen LogP contribution in [0.4, 0.5) is 0 Å². The van der Waals surface area contributed by atoms with Gasteiger partial charge in [0.2, 0.25) is 0 Å². The molecule has 0 unspecified atom stereocenters. The zero-order valence-corrected chi connectivity index (χ0v) is 5.48. The van der Waals surface area contributed by atoms with Crippen molar-refractivity contribution in [2.24, 2.45) is 0 Å². The van der Waals surface area contributed by atoms with Gasteiger partial charge in [-0.25, -0.2) is 0 Å². The van der Waals surface area contributed by atoms with Crippen molar-refractivity contribution in [3.05, 3.63) is 30.3 Å². The van der Waals surface area contributed by atoms with Crippen LogP contribution in [0.2, 0.25) is 0 Å². The van der Waals surface area contributed by atoms with Crippen LogP contribution in [0.15, 0.2) is 29.2 Å². The molecule has 0 amide bonds. The van der Waals surface area contributed by atoms with Gasteiger partial charge in [0.1, 0.15) is 5.40 Å². The van der Waals surface area contributed by atoms with Crippen LogP contribution in [0.3, 0.4) is 0 Å². The Balaban J connectivity index is 2.76. The Hall–Kier alpha value is -0.940. The first kappa shape index (κ1) is 6.18. The zero-order chi connectivity index (χ0) is 6.53. The van der Waals surface area contributed by atoms with E-state index in [2.05, 4.69) is 6.07 Å². The van der Waals surface area contributed by atoms with Gasteiger partial charge < -0.3 is 0 Å². The van der Waals surface area contributed by atoms with Crippen LogP contribution in [0, 0.1) is 16.7 Å². The van der Waals surface area contributed by atoms with Gasteiger partial charge in [-0.2, -0.15) is 5.26 Å².